The van der Waals surface area contributed by atoms with Crippen LogP contribution in [-0.4, -0.2) is 50.1 Å². The fourth-order valence-electron chi connectivity index (χ4n) is 4.78. The summed E-state index contributed by atoms with van der Waals surface area (Å²) >= 11 is 0. The van der Waals surface area contributed by atoms with Crippen molar-refractivity contribution in [2.24, 2.45) is 0 Å². The molecule has 0 aliphatic carbocycles. The van der Waals surface area contributed by atoms with Crippen LogP contribution in [0, 0.1) is 0 Å². The van der Waals surface area contributed by atoms with Crippen molar-refractivity contribution in [1.29, 1.82) is 0 Å². The molecule has 1 aliphatic rings. The Bertz CT molecular complexity index is 1380. The van der Waals surface area contributed by atoms with Crippen molar-refractivity contribution in [3.8, 4) is 11.1 Å². The molecule has 1 fully saturated rings. The number of anilines is 2. The number of hydrogen-bond donors (Lipinski definition) is 1. The minimum Gasteiger partial charge on any atom is -0.465 e. The molecule has 1 N–H and O–H groups in total. The van der Waals surface area contributed by atoms with E-state index in [9.17, 15) is 9.59 Å². The summed E-state index contributed by atoms with van der Waals surface area (Å²) in [5, 5.41) is 3.05. The summed E-state index contributed by atoms with van der Waals surface area (Å²) in [7, 11) is 1.36. The van der Waals surface area contributed by atoms with Crippen LogP contribution in [0.1, 0.15) is 26.3 Å². The minimum atomic E-state index is -0.438. The zero-order valence-corrected chi connectivity index (χ0v) is 21.5. The largest absolute Gasteiger partial charge is 0.465 e. The van der Waals surface area contributed by atoms with E-state index >= 15 is 0 Å². The Labute approximate surface area is 223 Å². The van der Waals surface area contributed by atoms with Gasteiger partial charge in [0.2, 0.25) is 0 Å². The Morgan fingerprint density at radius 3 is 2.00 bits per heavy atom. The average Bonchev–Trinajstić information content (AvgIpc) is 2.98. The Balaban J connectivity index is 1.32. The summed E-state index contributed by atoms with van der Waals surface area (Å²) in [5.74, 6) is -0.664. The lowest BCUT2D eigenvalue weighted by Gasteiger charge is -2.37. The highest BCUT2D eigenvalue weighted by molar-refractivity contribution is 6.07. The maximum Gasteiger partial charge on any atom is 0.337 e. The van der Waals surface area contributed by atoms with Gasteiger partial charge in [0.15, 0.2) is 0 Å². The maximum absolute atomic E-state index is 13.2. The Morgan fingerprint density at radius 1 is 0.737 bits per heavy atom. The number of benzene rings is 4. The van der Waals surface area contributed by atoms with Gasteiger partial charge in [-0.3, -0.25) is 9.69 Å². The van der Waals surface area contributed by atoms with Gasteiger partial charge in [0.25, 0.3) is 5.91 Å². The van der Waals surface area contributed by atoms with E-state index in [1.807, 2.05) is 66.7 Å². The number of methoxy groups -OCH3 is 1. The number of carbonyl (C=O) groups is 2. The predicted molar refractivity (Wildman–Crippen MR) is 152 cm³/mol. The fourth-order valence-corrected chi connectivity index (χ4v) is 4.78. The zero-order chi connectivity index (χ0) is 26.3. The van der Waals surface area contributed by atoms with Gasteiger partial charge < -0.3 is 15.0 Å². The molecule has 6 nitrogen and oxygen atoms in total. The first-order valence-corrected chi connectivity index (χ1v) is 12.8. The quantitative estimate of drug-likeness (QED) is 0.326. The van der Waals surface area contributed by atoms with Crippen LogP contribution in [0.5, 0.6) is 0 Å². The van der Waals surface area contributed by atoms with E-state index in [0.29, 0.717) is 16.8 Å². The number of nitrogens with zero attached hydrogens (tertiary/aromatic N) is 2. The second kappa shape index (κ2) is 11.8. The van der Waals surface area contributed by atoms with Crippen molar-refractivity contribution < 1.29 is 14.3 Å². The van der Waals surface area contributed by atoms with Crippen LogP contribution in [0.4, 0.5) is 11.4 Å². The number of esters is 1. The third kappa shape index (κ3) is 5.93. The molecule has 4 aromatic rings. The molecule has 0 spiro atoms. The standard InChI is InChI=1S/C32H31N3O3/c1-38-32(37)28-16-17-30(35-20-18-34(19-21-35)23-24-8-4-2-5-9-24)29(22-28)33-31(36)27-14-12-26(13-15-27)25-10-6-3-7-11-25/h2-17,22H,18-21,23H2,1H3,(H,33,36). The lowest BCUT2D eigenvalue weighted by Crippen LogP contribution is -2.46. The molecule has 1 saturated heterocycles. The summed E-state index contributed by atoms with van der Waals surface area (Å²) in [6.45, 7) is 4.36. The summed E-state index contributed by atoms with van der Waals surface area (Å²) in [4.78, 5) is 30.2. The number of nitrogens with one attached hydrogen (secondary N) is 1. The number of ether oxygens (including phenoxy) is 1. The molecule has 1 aliphatic heterocycles. The first kappa shape index (κ1) is 25.2. The zero-order valence-electron chi connectivity index (χ0n) is 21.5. The highest BCUT2D eigenvalue weighted by Crippen LogP contribution is 2.30. The van der Waals surface area contributed by atoms with Gasteiger partial charge in [-0.2, -0.15) is 0 Å². The van der Waals surface area contributed by atoms with Crippen LogP contribution in [0.25, 0.3) is 11.1 Å². The Kier molecular flexibility index (Phi) is 7.81. The molecule has 1 amide bonds. The lowest BCUT2D eigenvalue weighted by atomic mass is 10.0. The third-order valence-electron chi connectivity index (χ3n) is 6.88. The van der Waals surface area contributed by atoms with Gasteiger partial charge in [0.1, 0.15) is 0 Å². The van der Waals surface area contributed by atoms with E-state index in [1.165, 1.54) is 12.7 Å². The number of hydrogen-bond acceptors (Lipinski definition) is 5. The number of piperazine rings is 1. The van der Waals surface area contributed by atoms with Crippen LogP contribution in [-0.2, 0) is 11.3 Å². The van der Waals surface area contributed by atoms with Gasteiger partial charge in [-0.15, -0.1) is 0 Å². The first-order chi connectivity index (χ1) is 18.6. The van der Waals surface area contributed by atoms with Crippen molar-refractivity contribution in [2.75, 3.05) is 43.5 Å². The molecule has 6 heteroatoms. The highest BCUT2D eigenvalue weighted by Gasteiger charge is 2.22. The Morgan fingerprint density at radius 2 is 1.34 bits per heavy atom. The van der Waals surface area contributed by atoms with Crippen LogP contribution in [0.2, 0.25) is 0 Å². The Hall–Kier alpha value is -4.42. The predicted octanol–water partition coefficient (Wildman–Crippen LogP) is 5.71. The van der Waals surface area contributed by atoms with Crippen molar-refractivity contribution in [3.05, 3.63) is 120 Å². The SMILES string of the molecule is COC(=O)c1ccc(N2CCN(Cc3ccccc3)CC2)c(NC(=O)c2ccc(-c3ccccc3)cc2)c1. The van der Waals surface area contributed by atoms with Gasteiger partial charge in [-0.25, -0.2) is 4.79 Å². The minimum absolute atomic E-state index is 0.226. The van der Waals surface area contributed by atoms with E-state index in [2.05, 4.69) is 39.4 Å². The van der Waals surface area contributed by atoms with E-state index in [-0.39, 0.29) is 5.91 Å². The second-order valence-corrected chi connectivity index (χ2v) is 9.37. The average molecular weight is 506 g/mol. The molecule has 4 aromatic carbocycles. The molecule has 0 aromatic heterocycles. The number of amides is 1. The molecule has 1 heterocycles. The molecule has 0 saturated carbocycles. The molecular formula is C32H31N3O3. The van der Waals surface area contributed by atoms with Crippen LogP contribution >= 0.6 is 0 Å². The summed E-state index contributed by atoms with van der Waals surface area (Å²) < 4.78 is 4.92. The van der Waals surface area contributed by atoms with Gasteiger partial charge in [0, 0.05) is 38.3 Å². The van der Waals surface area contributed by atoms with Crippen molar-refractivity contribution >= 4 is 23.3 Å². The molecule has 0 unspecified atom stereocenters. The van der Waals surface area contributed by atoms with Gasteiger partial charge in [-0.1, -0.05) is 72.8 Å². The van der Waals surface area contributed by atoms with Crippen molar-refractivity contribution in [3.63, 3.8) is 0 Å². The van der Waals surface area contributed by atoms with E-state index < -0.39 is 5.97 Å². The maximum atomic E-state index is 13.2. The summed E-state index contributed by atoms with van der Waals surface area (Å²) in [6.07, 6.45) is 0. The van der Waals surface area contributed by atoms with E-state index in [0.717, 1.165) is 49.5 Å². The third-order valence-corrected chi connectivity index (χ3v) is 6.88. The smallest absolute Gasteiger partial charge is 0.337 e. The molecule has 0 radical (unpaired) electrons. The van der Waals surface area contributed by atoms with Gasteiger partial charge >= 0.3 is 5.97 Å². The summed E-state index contributed by atoms with van der Waals surface area (Å²) in [5.41, 5.74) is 5.88. The second-order valence-electron chi connectivity index (χ2n) is 9.37. The summed E-state index contributed by atoms with van der Waals surface area (Å²) in [6, 6.07) is 33.4. The monoisotopic (exact) mass is 505 g/mol. The normalized spacial score (nSPS) is 13.7. The van der Waals surface area contributed by atoms with Crippen molar-refractivity contribution in [2.45, 2.75) is 6.54 Å². The molecule has 0 atom stereocenters. The van der Waals surface area contributed by atoms with E-state index in [4.69, 9.17) is 4.74 Å². The molecule has 5 rings (SSSR count). The van der Waals surface area contributed by atoms with Gasteiger partial charge in [0.05, 0.1) is 24.0 Å². The van der Waals surface area contributed by atoms with Crippen molar-refractivity contribution in [1.82, 2.24) is 4.90 Å². The molecule has 38 heavy (non-hydrogen) atoms. The highest BCUT2D eigenvalue weighted by atomic mass is 16.5. The van der Waals surface area contributed by atoms with Crippen LogP contribution < -0.4 is 10.2 Å². The number of rotatable bonds is 7. The molecular weight excluding hydrogens is 474 g/mol. The fraction of sp³-hybridized carbons (Fsp3) is 0.188. The lowest BCUT2D eigenvalue weighted by molar-refractivity contribution is 0.0600. The van der Waals surface area contributed by atoms with Crippen LogP contribution in [0.3, 0.4) is 0 Å². The van der Waals surface area contributed by atoms with Gasteiger partial charge in [-0.05, 0) is 47.0 Å². The topological polar surface area (TPSA) is 61.9 Å². The van der Waals surface area contributed by atoms with E-state index in [1.54, 1.807) is 12.1 Å². The molecule has 192 valence electrons. The molecule has 0 bridgehead atoms. The number of carbonyl (C=O) groups excluding carboxylic acids is 2. The first-order valence-electron chi connectivity index (χ1n) is 12.8. The van der Waals surface area contributed by atoms with Crippen LogP contribution in [0.15, 0.2) is 103 Å².